The van der Waals surface area contributed by atoms with E-state index in [0.717, 1.165) is 13.0 Å². The van der Waals surface area contributed by atoms with Crippen LogP contribution in [0.2, 0.25) is 0 Å². The van der Waals surface area contributed by atoms with E-state index in [2.05, 4.69) is 40.1 Å². The van der Waals surface area contributed by atoms with Crippen LogP contribution in [0.5, 0.6) is 0 Å². The van der Waals surface area contributed by atoms with Crippen molar-refractivity contribution in [3.63, 3.8) is 0 Å². The summed E-state index contributed by atoms with van der Waals surface area (Å²) in [5.41, 5.74) is 0.473. The van der Waals surface area contributed by atoms with Gasteiger partial charge in [-0.2, -0.15) is 0 Å². The third-order valence-electron chi connectivity index (χ3n) is 4.17. The summed E-state index contributed by atoms with van der Waals surface area (Å²) in [5, 5.41) is 3.38. The van der Waals surface area contributed by atoms with Gasteiger partial charge in [0.1, 0.15) is 0 Å². The molecule has 0 aromatic rings. The first-order chi connectivity index (χ1) is 7.95. The summed E-state index contributed by atoms with van der Waals surface area (Å²) < 4.78 is 5.54. The highest BCUT2D eigenvalue weighted by atomic mass is 16.5. The van der Waals surface area contributed by atoms with Crippen molar-refractivity contribution in [2.45, 2.75) is 71.8 Å². The average Bonchev–Trinajstić information content (AvgIpc) is 2.33. The van der Waals surface area contributed by atoms with E-state index in [-0.39, 0.29) is 5.60 Å². The van der Waals surface area contributed by atoms with Gasteiger partial charge < -0.3 is 10.1 Å². The topological polar surface area (TPSA) is 21.3 Å². The Kier molecular flexibility index (Phi) is 8.06. The lowest BCUT2D eigenvalue weighted by atomic mass is 9.74. The van der Waals surface area contributed by atoms with Crippen LogP contribution in [0.4, 0.5) is 0 Å². The summed E-state index contributed by atoms with van der Waals surface area (Å²) in [6.07, 6.45) is 7.62. The molecule has 0 radical (unpaired) electrons. The molecule has 0 amide bonds. The molecule has 2 nitrogen and oxygen atoms in total. The van der Waals surface area contributed by atoms with Crippen LogP contribution in [0.15, 0.2) is 0 Å². The number of unbranched alkanes of at least 4 members (excludes halogenated alkanes) is 1. The quantitative estimate of drug-likeness (QED) is 0.626. The van der Waals surface area contributed by atoms with Gasteiger partial charge in [0.05, 0.1) is 5.60 Å². The van der Waals surface area contributed by atoms with Crippen molar-refractivity contribution in [1.82, 2.24) is 5.32 Å². The number of hydrogen-bond donors (Lipinski definition) is 1. The summed E-state index contributed by atoms with van der Waals surface area (Å²) in [6.45, 7) is 10.1. The second-order valence-corrected chi connectivity index (χ2v) is 5.95. The van der Waals surface area contributed by atoms with Crippen LogP contribution in [0.1, 0.15) is 66.2 Å². The molecule has 0 saturated heterocycles. The monoisotopic (exact) mass is 243 g/mol. The van der Waals surface area contributed by atoms with Crippen LogP contribution in [0, 0.1) is 5.41 Å². The molecule has 0 aliphatic carbocycles. The standard InChI is InChI=1S/C15H33NO/c1-7-9-10-15(8-2,13-16-5)12-11-14(3,4)17-6/h16H,7-13H2,1-6H3. The molecule has 0 aliphatic rings. The molecule has 2 heteroatoms. The highest BCUT2D eigenvalue weighted by molar-refractivity contribution is 4.83. The van der Waals surface area contributed by atoms with Gasteiger partial charge in [0, 0.05) is 13.7 Å². The third-order valence-corrected chi connectivity index (χ3v) is 4.17. The minimum atomic E-state index is 0.0143. The first-order valence-corrected chi connectivity index (χ1v) is 7.15. The maximum atomic E-state index is 5.54. The minimum absolute atomic E-state index is 0.0143. The smallest absolute Gasteiger partial charge is 0.0623 e. The first kappa shape index (κ1) is 16.9. The van der Waals surface area contributed by atoms with Crippen LogP contribution in [0.3, 0.4) is 0 Å². The van der Waals surface area contributed by atoms with Crippen LogP contribution >= 0.6 is 0 Å². The maximum Gasteiger partial charge on any atom is 0.0623 e. The van der Waals surface area contributed by atoms with Crippen molar-refractivity contribution >= 4 is 0 Å². The second-order valence-electron chi connectivity index (χ2n) is 5.95. The number of methoxy groups -OCH3 is 1. The van der Waals surface area contributed by atoms with E-state index >= 15 is 0 Å². The maximum absolute atomic E-state index is 5.54. The van der Waals surface area contributed by atoms with Gasteiger partial charge in [-0.15, -0.1) is 0 Å². The van der Waals surface area contributed by atoms with Crippen molar-refractivity contribution in [2.24, 2.45) is 5.41 Å². The fraction of sp³-hybridized carbons (Fsp3) is 1.00. The van der Waals surface area contributed by atoms with E-state index in [1.807, 2.05) is 7.11 Å². The summed E-state index contributed by atoms with van der Waals surface area (Å²) in [4.78, 5) is 0. The molecular formula is C15H33NO. The Morgan fingerprint density at radius 2 is 1.71 bits per heavy atom. The largest absolute Gasteiger partial charge is 0.379 e. The SMILES string of the molecule is CCCCC(CC)(CCC(C)(C)OC)CNC. The minimum Gasteiger partial charge on any atom is -0.379 e. The molecule has 0 spiro atoms. The van der Waals surface area contributed by atoms with Gasteiger partial charge in [-0.3, -0.25) is 0 Å². The molecule has 0 fully saturated rings. The molecule has 17 heavy (non-hydrogen) atoms. The predicted octanol–water partition coefficient (Wildman–Crippen LogP) is 4.00. The summed E-state index contributed by atoms with van der Waals surface area (Å²) >= 11 is 0. The Morgan fingerprint density at radius 1 is 1.06 bits per heavy atom. The zero-order valence-electron chi connectivity index (χ0n) is 12.9. The molecule has 104 valence electrons. The highest BCUT2D eigenvalue weighted by Gasteiger charge is 2.29. The van der Waals surface area contributed by atoms with Gasteiger partial charge >= 0.3 is 0 Å². The number of hydrogen-bond acceptors (Lipinski definition) is 2. The lowest BCUT2D eigenvalue weighted by Gasteiger charge is -2.36. The van der Waals surface area contributed by atoms with Crippen LogP contribution in [0.25, 0.3) is 0 Å². The van der Waals surface area contributed by atoms with Gasteiger partial charge in [0.15, 0.2) is 0 Å². The highest BCUT2D eigenvalue weighted by Crippen LogP contribution is 2.36. The van der Waals surface area contributed by atoms with Gasteiger partial charge in [0.2, 0.25) is 0 Å². The van der Waals surface area contributed by atoms with Crippen molar-refractivity contribution < 1.29 is 4.74 Å². The lowest BCUT2D eigenvalue weighted by Crippen LogP contribution is -2.35. The molecule has 0 bridgehead atoms. The molecule has 0 aromatic carbocycles. The van der Waals surface area contributed by atoms with E-state index in [1.165, 1.54) is 32.1 Å². The summed E-state index contributed by atoms with van der Waals surface area (Å²) in [5.74, 6) is 0. The van der Waals surface area contributed by atoms with Crippen LogP contribution in [-0.4, -0.2) is 26.3 Å². The van der Waals surface area contributed by atoms with E-state index in [1.54, 1.807) is 0 Å². The molecule has 0 heterocycles. The van der Waals surface area contributed by atoms with Gasteiger partial charge in [-0.25, -0.2) is 0 Å². The molecule has 0 aromatic heterocycles. The van der Waals surface area contributed by atoms with Crippen molar-refractivity contribution in [1.29, 1.82) is 0 Å². The fourth-order valence-electron chi connectivity index (χ4n) is 2.38. The van der Waals surface area contributed by atoms with Crippen LogP contribution in [-0.2, 0) is 4.74 Å². The summed E-state index contributed by atoms with van der Waals surface area (Å²) in [7, 11) is 3.88. The van der Waals surface area contributed by atoms with Gasteiger partial charge in [-0.1, -0.05) is 26.7 Å². The summed E-state index contributed by atoms with van der Waals surface area (Å²) in [6, 6.07) is 0. The lowest BCUT2D eigenvalue weighted by molar-refractivity contribution is 0.00183. The molecule has 1 N–H and O–H groups in total. The number of rotatable bonds is 10. The normalized spacial score (nSPS) is 15.9. The van der Waals surface area contributed by atoms with Crippen molar-refractivity contribution in [2.75, 3.05) is 20.7 Å². The molecule has 1 unspecified atom stereocenters. The second kappa shape index (κ2) is 8.10. The Labute approximate surface area is 109 Å². The van der Waals surface area contributed by atoms with Crippen LogP contribution < -0.4 is 5.32 Å². The van der Waals surface area contributed by atoms with Gasteiger partial charge in [0.25, 0.3) is 0 Å². The first-order valence-electron chi connectivity index (χ1n) is 7.15. The zero-order valence-corrected chi connectivity index (χ0v) is 12.9. The number of ether oxygens (including phenoxy) is 1. The third kappa shape index (κ3) is 6.42. The van der Waals surface area contributed by atoms with Gasteiger partial charge in [-0.05, 0) is 52.0 Å². The predicted molar refractivity (Wildman–Crippen MR) is 76.5 cm³/mol. The molecule has 0 aliphatic heterocycles. The zero-order chi connectivity index (χ0) is 13.4. The molecule has 0 saturated carbocycles. The van der Waals surface area contributed by atoms with E-state index < -0.39 is 0 Å². The fourth-order valence-corrected chi connectivity index (χ4v) is 2.38. The Hall–Kier alpha value is -0.0800. The average molecular weight is 243 g/mol. The molecule has 1 atom stereocenters. The molecular weight excluding hydrogens is 210 g/mol. The Bertz CT molecular complexity index is 191. The molecule has 0 rings (SSSR count). The number of nitrogens with one attached hydrogen (secondary N) is 1. The van der Waals surface area contributed by atoms with Crippen molar-refractivity contribution in [3.8, 4) is 0 Å². The van der Waals surface area contributed by atoms with E-state index in [9.17, 15) is 0 Å². The Balaban J connectivity index is 4.44. The van der Waals surface area contributed by atoms with Crippen molar-refractivity contribution in [3.05, 3.63) is 0 Å². The van der Waals surface area contributed by atoms with E-state index in [4.69, 9.17) is 4.74 Å². The Morgan fingerprint density at radius 3 is 2.12 bits per heavy atom. The van der Waals surface area contributed by atoms with E-state index in [0.29, 0.717) is 5.41 Å².